The van der Waals surface area contributed by atoms with Gasteiger partial charge in [0.25, 0.3) is 5.91 Å². The quantitative estimate of drug-likeness (QED) is 0.816. The lowest BCUT2D eigenvalue weighted by molar-refractivity contribution is -0.129. The highest BCUT2D eigenvalue weighted by Crippen LogP contribution is 2.41. The second-order valence-corrected chi connectivity index (χ2v) is 9.12. The third-order valence-corrected chi connectivity index (χ3v) is 7.48. The van der Waals surface area contributed by atoms with Crippen molar-refractivity contribution in [1.82, 2.24) is 15.2 Å². The molecule has 2 aromatic rings. The van der Waals surface area contributed by atoms with Crippen LogP contribution in [0.1, 0.15) is 36.0 Å². The van der Waals surface area contributed by atoms with Gasteiger partial charge in [-0.1, -0.05) is 0 Å². The first kappa shape index (κ1) is 19.2. The first-order chi connectivity index (χ1) is 14.7. The molecule has 3 saturated heterocycles. The van der Waals surface area contributed by atoms with Gasteiger partial charge in [0.2, 0.25) is 5.91 Å². The minimum atomic E-state index is -0.417. The van der Waals surface area contributed by atoms with E-state index >= 15 is 0 Å². The molecule has 0 saturated carbocycles. The number of pyridine rings is 1. The molecule has 3 aliphatic heterocycles. The molecular formula is C22H23N5O2S. The fraction of sp³-hybridized carbons (Fsp3) is 0.455. The van der Waals surface area contributed by atoms with Crippen molar-refractivity contribution in [1.29, 1.82) is 5.26 Å². The Morgan fingerprint density at radius 2 is 1.97 bits per heavy atom. The molecule has 2 amide bonds. The molecule has 3 aliphatic rings. The van der Waals surface area contributed by atoms with Gasteiger partial charge in [0, 0.05) is 35.1 Å². The van der Waals surface area contributed by atoms with Crippen LogP contribution in [0.5, 0.6) is 0 Å². The molecule has 2 bridgehead atoms. The molecular weight excluding hydrogens is 398 g/mol. The lowest BCUT2D eigenvalue weighted by Crippen LogP contribution is -2.42. The predicted molar refractivity (Wildman–Crippen MR) is 116 cm³/mol. The molecule has 154 valence electrons. The summed E-state index contributed by atoms with van der Waals surface area (Å²) in [5.41, 5.74) is 2.44. The normalized spacial score (nSPS) is 25.0. The van der Waals surface area contributed by atoms with Gasteiger partial charge in [0.05, 0.1) is 29.6 Å². The van der Waals surface area contributed by atoms with Crippen molar-refractivity contribution in [2.75, 3.05) is 23.1 Å². The van der Waals surface area contributed by atoms with E-state index in [1.54, 1.807) is 24.0 Å². The minimum Gasteiger partial charge on any atom is -0.366 e. The van der Waals surface area contributed by atoms with Crippen LogP contribution in [-0.4, -0.2) is 58.0 Å². The topological polar surface area (TPSA) is 89.3 Å². The summed E-state index contributed by atoms with van der Waals surface area (Å²) in [5, 5.41) is 12.7. The Kier molecular flexibility index (Phi) is 4.99. The van der Waals surface area contributed by atoms with Crippen molar-refractivity contribution in [3.8, 4) is 6.07 Å². The monoisotopic (exact) mass is 421 g/mol. The summed E-state index contributed by atoms with van der Waals surface area (Å²) in [6.45, 7) is -0.114. The van der Waals surface area contributed by atoms with E-state index in [4.69, 9.17) is 5.26 Å². The lowest BCUT2D eigenvalue weighted by Gasteiger charge is -2.25. The third kappa shape index (κ3) is 3.27. The minimum absolute atomic E-state index is 0.114. The van der Waals surface area contributed by atoms with Crippen molar-refractivity contribution in [3.63, 3.8) is 0 Å². The standard InChI is InChI=1S/C22H23N5O2S/c23-10-17-12-30-13-26(17)21(28)11-25-22(29)18-7-8-24-20-6-5-16(9-19(18)20)27-14-1-2-15(27)4-3-14/h5-9,14-15,17H,1-4,11-13H2,(H,25,29). The van der Waals surface area contributed by atoms with Crippen LogP contribution in [0.25, 0.3) is 10.9 Å². The zero-order chi connectivity index (χ0) is 20.7. The number of carbonyl (C=O) groups excluding carboxylic acids is 2. The van der Waals surface area contributed by atoms with Crippen molar-refractivity contribution in [2.45, 2.75) is 43.8 Å². The van der Waals surface area contributed by atoms with E-state index in [0.717, 1.165) is 16.6 Å². The van der Waals surface area contributed by atoms with E-state index in [0.29, 0.717) is 29.3 Å². The molecule has 3 fully saturated rings. The number of fused-ring (bicyclic) bond motifs is 3. The number of nitriles is 1. The van der Waals surface area contributed by atoms with Crippen molar-refractivity contribution >= 4 is 40.2 Å². The summed E-state index contributed by atoms with van der Waals surface area (Å²) >= 11 is 1.55. The average Bonchev–Trinajstić information content (AvgIpc) is 3.52. The highest BCUT2D eigenvalue weighted by molar-refractivity contribution is 7.99. The molecule has 1 atom stereocenters. The van der Waals surface area contributed by atoms with Gasteiger partial charge in [0.1, 0.15) is 6.04 Å². The Labute approximate surface area is 179 Å². The van der Waals surface area contributed by atoms with Gasteiger partial charge < -0.3 is 15.1 Å². The van der Waals surface area contributed by atoms with Crippen LogP contribution >= 0.6 is 11.8 Å². The molecule has 5 rings (SSSR count). The van der Waals surface area contributed by atoms with Crippen LogP contribution in [0.4, 0.5) is 5.69 Å². The first-order valence-corrected chi connectivity index (χ1v) is 11.5. The number of anilines is 1. The largest absolute Gasteiger partial charge is 0.366 e. The number of amides is 2. The number of nitrogens with one attached hydrogen (secondary N) is 1. The summed E-state index contributed by atoms with van der Waals surface area (Å²) in [6, 6.07) is 10.8. The van der Waals surface area contributed by atoms with Crippen LogP contribution < -0.4 is 10.2 Å². The number of benzene rings is 1. The Balaban J connectivity index is 1.36. The zero-order valence-electron chi connectivity index (χ0n) is 16.6. The summed E-state index contributed by atoms with van der Waals surface area (Å²) in [5.74, 6) is 0.587. The Bertz CT molecular complexity index is 1030. The highest BCUT2D eigenvalue weighted by atomic mass is 32.2. The van der Waals surface area contributed by atoms with E-state index in [1.165, 1.54) is 30.6 Å². The van der Waals surface area contributed by atoms with Gasteiger partial charge in [-0.25, -0.2) is 0 Å². The summed E-state index contributed by atoms with van der Waals surface area (Å²) in [6.07, 6.45) is 6.59. The average molecular weight is 422 g/mol. The molecule has 1 unspecified atom stereocenters. The highest BCUT2D eigenvalue weighted by Gasteiger charge is 2.39. The van der Waals surface area contributed by atoms with Crippen LogP contribution in [-0.2, 0) is 4.79 Å². The summed E-state index contributed by atoms with van der Waals surface area (Å²) in [4.78, 5) is 33.8. The fourth-order valence-electron chi connectivity index (χ4n) is 4.98. The van der Waals surface area contributed by atoms with Crippen LogP contribution in [0.3, 0.4) is 0 Å². The van der Waals surface area contributed by atoms with Crippen molar-refractivity contribution in [2.24, 2.45) is 0 Å². The molecule has 4 heterocycles. The summed E-state index contributed by atoms with van der Waals surface area (Å²) in [7, 11) is 0. The van der Waals surface area contributed by atoms with Crippen LogP contribution in [0.2, 0.25) is 0 Å². The lowest BCUT2D eigenvalue weighted by atomic mass is 10.0. The fourth-order valence-corrected chi connectivity index (χ4v) is 6.08. The van der Waals surface area contributed by atoms with E-state index in [1.807, 2.05) is 6.07 Å². The van der Waals surface area contributed by atoms with Gasteiger partial charge in [0.15, 0.2) is 0 Å². The van der Waals surface area contributed by atoms with Gasteiger partial charge in [-0.15, -0.1) is 11.8 Å². The van der Waals surface area contributed by atoms with E-state index in [2.05, 4.69) is 33.4 Å². The van der Waals surface area contributed by atoms with Crippen LogP contribution in [0, 0.1) is 11.3 Å². The van der Waals surface area contributed by atoms with Crippen molar-refractivity contribution < 1.29 is 9.59 Å². The molecule has 1 N–H and O–H groups in total. The molecule has 7 nitrogen and oxygen atoms in total. The maximum atomic E-state index is 12.9. The second kappa shape index (κ2) is 7.80. The number of nitrogens with zero attached hydrogens (tertiary/aromatic N) is 4. The Hall–Kier alpha value is -2.79. The predicted octanol–water partition coefficient (Wildman–Crippen LogP) is 2.52. The first-order valence-electron chi connectivity index (χ1n) is 10.4. The number of aromatic nitrogens is 1. The van der Waals surface area contributed by atoms with E-state index in [-0.39, 0.29) is 18.4 Å². The molecule has 0 radical (unpaired) electrons. The van der Waals surface area contributed by atoms with E-state index < -0.39 is 6.04 Å². The molecule has 1 aromatic heterocycles. The maximum absolute atomic E-state index is 12.9. The maximum Gasteiger partial charge on any atom is 0.252 e. The number of rotatable bonds is 4. The number of thioether (sulfide) groups is 1. The van der Waals surface area contributed by atoms with Gasteiger partial charge in [-0.3, -0.25) is 14.6 Å². The molecule has 1 aromatic carbocycles. The van der Waals surface area contributed by atoms with E-state index in [9.17, 15) is 9.59 Å². The molecule has 8 heteroatoms. The number of hydrogen-bond acceptors (Lipinski definition) is 6. The second-order valence-electron chi connectivity index (χ2n) is 8.12. The van der Waals surface area contributed by atoms with Crippen LogP contribution in [0.15, 0.2) is 30.5 Å². The number of hydrogen-bond donors (Lipinski definition) is 1. The Morgan fingerprint density at radius 3 is 2.70 bits per heavy atom. The smallest absolute Gasteiger partial charge is 0.252 e. The van der Waals surface area contributed by atoms with Gasteiger partial charge in [-0.05, 0) is 49.9 Å². The number of carbonyl (C=O) groups is 2. The third-order valence-electron chi connectivity index (χ3n) is 6.47. The van der Waals surface area contributed by atoms with Gasteiger partial charge >= 0.3 is 0 Å². The van der Waals surface area contributed by atoms with Gasteiger partial charge in [-0.2, -0.15) is 5.26 Å². The molecule has 30 heavy (non-hydrogen) atoms. The SMILES string of the molecule is N#CC1CSCN1C(=O)CNC(=O)c1ccnc2ccc(N3C4CCC3CC4)cc12. The van der Waals surface area contributed by atoms with Crippen molar-refractivity contribution in [3.05, 3.63) is 36.0 Å². The zero-order valence-corrected chi connectivity index (χ0v) is 17.4. The molecule has 0 aliphatic carbocycles. The Morgan fingerprint density at radius 1 is 1.20 bits per heavy atom. The summed E-state index contributed by atoms with van der Waals surface area (Å²) < 4.78 is 0. The molecule has 0 spiro atoms.